The van der Waals surface area contributed by atoms with Gasteiger partial charge in [-0.2, -0.15) is 0 Å². The van der Waals surface area contributed by atoms with Crippen molar-refractivity contribution in [2.24, 2.45) is 0 Å². The lowest BCUT2D eigenvalue weighted by Gasteiger charge is -2.19. The number of nitrogens with one attached hydrogen (secondary N) is 1. The lowest BCUT2D eigenvalue weighted by atomic mass is 9.95. The highest BCUT2D eigenvalue weighted by molar-refractivity contribution is 5.85. The van der Waals surface area contributed by atoms with Crippen molar-refractivity contribution in [2.75, 3.05) is 7.05 Å². The maximum Gasteiger partial charge on any atom is 0.0596 e. The van der Waals surface area contributed by atoms with Gasteiger partial charge in [0.25, 0.3) is 0 Å². The molecule has 0 saturated carbocycles. The normalized spacial score (nSPS) is 12.5. The Kier molecular flexibility index (Phi) is 3.44. The molecule has 3 heteroatoms. The van der Waals surface area contributed by atoms with Crippen LogP contribution in [0.1, 0.15) is 22.7 Å². The molecule has 0 spiro atoms. The van der Waals surface area contributed by atoms with Crippen LogP contribution in [0.4, 0.5) is 0 Å². The number of hydrogen-bond donors (Lipinski definition) is 1. The van der Waals surface area contributed by atoms with E-state index in [9.17, 15) is 0 Å². The van der Waals surface area contributed by atoms with E-state index in [2.05, 4.69) is 46.5 Å². The highest BCUT2D eigenvalue weighted by Gasteiger charge is 2.15. The largest absolute Gasteiger partial charge is 0.309 e. The average Bonchev–Trinajstić information content (AvgIpc) is 2.48. The third kappa shape index (κ3) is 2.28. The van der Waals surface area contributed by atoms with Crippen molar-refractivity contribution in [2.45, 2.75) is 13.0 Å². The molecule has 1 aromatic carbocycles. The van der Waals surface area contributed by atoms with Gasteiger partial charge in [0.05, 0.1) is 6.04 Å². The second-order valence-electron chi connectivity index (χ2n) is 4.96. The molecule has 0 aliphatic carbocycles. The van der Waals surface area contributed by atoms with Crippen LogP contribution in [0.15, 0.2) is 55.1 Å². The Morgan fingerprint density at radius 3 is 2.75 bits per heavy atom. The van der Waals surface area contributed by atoms with Crippen molar-refractivity contribution < 1.29 is 0 Å². The molecule has 3 nitrogen and oxygen atoms in total. The van der Waals surface area contributed by atoms with Crippen molar-refractivity contribution in [3.05, 3.63) is 71.8 Å². The number of fused-ring (bicyclic) bond motifs is 1. The van der Waals surface area contributed by atoms with Gasteiger partial charge in [-0.25, -0.2) is 0 Å². The van der Waals surface area contributed by atoms with Gasteiger partial charge in [-0.1, -0.05) is 24.3 Å². The van der Waals surface area contributed by atoms with E-state index >= 15 is 0 Å². The smallest absolute Gasteiger partial charge is 0.0596 e. The Hall–Kier alpha value is -2.26. The Morgan fingerprint density at radius 2 is 1.95 bits per heavy atom. The summed E-state index contributed by atoms with van der Waals surface area (Å²) in [5.41, 5.74) is 3.57. The number of hydrogen-bond acceptors (Lipinski definition) is 3. The molecular weight excluding hydrogens is 246 g/mol. The van der Waals surface area contributed by atoms with E-state index in [0.717, 1.165) is 0 Å². The van der Waals surface area contributed by atoms with Crippen LogP contribution in [0, 0.1) is 6.92 Å². The summed E-state index contributed by atoms with van der Waals surface area (Å²) >= 11 is 0. The molecule has 0 fully saturated rings. The van der Waals surface area contributed by atoms with Gasteiger partial charge < -0.3 is 5.32 Å². The summed E-state index contributed by atoms with van der Waals surface area (Å²) in [4.78, 5) is 8.56. The first-order chi connectivity index (χ1) is 9.79. The average molecular weight is 263 g/mol. The molecule has 1 atom stereocenters. The summed E-state index contributed by atoms with van der Waals surface area (Å²) in [5.74, 6) is 0. The summed E-state index contributed by atoms with van der Waals surface area (Å²) in [6.07, 6.45) is 7.55. The van der Waals surface area contributed by atoms with Gasteiger partial charge in [0, 0.05) is 30.2 Å². The highest BCUT2D eigenvalue weighted by atomic mass is 14.9. The molecule has 0 radical (unpaired) electrons. The molecular formula is C17H17N3. The van der Waals surface area contributed by atoms with E-state index in [1.54, 1.807) is 0 Å². The van der Waals surface area contributed by atoms with Crippen molar-refractivity contribution >= 4 is 10.8 Å². The van der Waals surface area contributed by atoms with Crippen molar-refractivity contribution in [1.82, 2.24) is 15.3 Å². The molecule has 3 aromatic rings. The first-order valence-electron chi connectivity index (χ1n) is 6.71. The van der Waals surface area contributed by atoms with Crippen molar-refractivity contribution in [1.29, 1.82) is 0 Å². The van der Waals surface area contributed by atoms with E-state index < -0.39 is 0 Å². The summed E-state index contributed by atoms with van der Waals surface area (Å²) in [6, 6.07) is 10.7. The quantitative estimate of drug-likeness (QED) is 0.788. The summed E-state index contributed by atoms with van der Waals surface area (Å²) in [5, 5.41) is 5.77. The molecule has 0 aliphatic heterocycles. The number of benzene rings is 1. The molecule has 1 unspecified atom stereocenters. The Labute approximate surface area is 118 Å². The number of aryl methyl sites for hydroxylation is 1. The van der Waals surface area contributed by atoms with Crippen LogP contribution in [0.3, 0.4) is 0 Å². The maximum absolute atomic E-state index is 4.30. The van der Waals surface area contributed by atoms with E-state index in [-0.39, 0.29) is 6.04 Å². The Morgan fingerprint density at radius 1 is 1.05 bits per heavy atom. The maximum atomic E-state index is 4.30. The summed E-state index contributed by atoms with van der Waals surface area (Å²) < 4.78 is 0. The zero-order valence-electron chi connectivity index (χ0n) is 11.7. The van der Waals surface area contributed by atoms with Crippen LogP contribution in [-0.4, -0.2) is 17.0 Å². The van der Waals surface area contributed by atoms with Crippen LogP contribution in [0.25, 0.3) is 10.8 Å². The molecule has 0 bridgehead atoms. The fourth-order valence-corrected chi connectivity index (χ4v) is 2.63. The third-order valence-electron chi connectivity index (χ3n) is 3.55. The molecule has 0 amide bonds. The van der Waals surface area contributed by atoms with Gasteiger partial charge in [0.15, 0.2) is 0 Å². The lowest BCUT2D eigenvalue weighted by molar-refractivity contribution is 0.693. The monoisotopic (exact) mass is 263 g/mol. The zero-order chi connectivity index (χ0) is 13.9. The van der Waals surface area contributed by atoms with Crippen LogP contribution < -0.4 is 5.32 Å². The molecule has 2 heterocycles. The third-order valence-corrected chi connectivity index (χ3v) is 3.55. The number of pyridine rings is 2. The highest BCUT2D eigenvalue weighted by Crippen LogP contribution is 2.28. The fourth-order valence-electron chi connectivity index (χ4n) is 2.63. The molecule has 100 valence electrons. The molecule has 1 N–H and O–H groups in total. The molecule has 3 rings (SSSR count). The predicted molar refractivity (Wildman–Crippen MR) is 81.6 cm³/mol. The van der Waals surface area contributed by atoms with Crippen LogP contribution in [0.2, 0.25) is 0 Å². The van der Waals surface area contributed by atoms with Crippen molar-refractivity contribution in [3.8, 4) is 0 Å². The van der Waals surface area contributed by atoms with Crippen LogP contribution >= 0.6 is 0 Å². The molecule has 2 aromatic heterocycles. The minimum Gasteiger partial charge on any atom is -0.309 e. The van der Waals surface area contributed by atoms with Gasteiger partial charge in [0.2, 0.25) is 0 Å². The zero-order valence-corrected chi connectivity index (χ0v) is 11.7. The van der Waals surface area contributed by atoms with Gasteiger partial charge in [-0.05, 0) is 42.1 Å². The summed E-state index contributed by atoms with van der Waals surface area (Å²) in [7, 11) is 1.97. The van der Waals surface area contributed by atoms with E-state index in [1.165, 1.54) is 27.5 Å². The molecule has 20 heavy (non-hydrogen) atoms. The Balaban J connectivity index is 2.17. The number of nitrogens with zero attached hydrogens (tertiary/aromatic N) is 2. The molecule has 0 aliphatic rings. The van der Waals surface area contributed by atoms with Crippen molar-refractivity contribution in [3.63, 3.8) is 0 Å². The standard InChI is InChI=1S/C17H17N3/c1-12-8-14(10-20-9-12)17(18-2)15-5-3-4-13-6-7-19-11-16(13)15/h3-11,17-18H,1-2H3. The Bertz CT molecular complexity index is 732. The van der Waals surface area contributed by atoms with Gasteiger partial charge >= 0.3 is 0 Å². The van der Waals surface area contributed by atoms with Crippen LogP contribution in [-0.2, 0) is 0 Å². The lowest BCUT2D eigenvalue weighted by Crippen LogP contribution is -2.18. The first-order valence-corrected chi connectivity index (χ1v) is 6.71. The van der Waals surface area contributed by atoms with E-state index in [4.69, 9.17) is 0 Å². The fraction of sp³-hybridized carbons (Fsp3) is 0.176. The minimum absolute atomic E-state index is 0.121. The minimum atomic E-state index is 0.121. The second kappa shape index (κ2) is 5.39. The SMILES string of the molecule is CNC(c1cncc(C)c1)c1cccc2ccncc12. The second-order valence-corrected chi connectivity index (χ2v) is 4.96. The van der Waals surface area contributed by atoms with Gasteiger partial charge in [-0.15, -0.1) is 0 Å². The number of rotatable bonds is 3. The topological polar surface area (TPSA) is 37.8 Å². The summed E-state index contributed by atoms with van der Waals surface area (Å²) in [6.45, 7) is 2.06. The first kappa shape index (κ1) is 12.8. The van der Waals surface area contributed by atoms with Gasteiger partial charge in [0.1, 0.15) is 0 Å². The van der Waals surface area contributed by atoms with E-state index in [1.807, 2.05) is 37.9 Å². The van der Waals surface area contributed by atoms with E-state index in [0.29, 0.717) is 0 Å². The molecule has 0 saturated heterocycles. The number of aromatic nitrogens is 2. The van der Waals surface area contributed by atoms with Crippen LogP contribution in [0.5, 0.6) is 0 Å². The van der Waals surface area contributed by atoms with Gasteiger partial charge in [-0.3, -0.25) is 9.97 Å². The predicted octanol–water partition coefficient (Wildman–Crippen LogP) is 3.25.